The van der Waals surface area contributed by atoms with E-state index in [9.17, 15) is 0 Å². The first kappa shape index (κ1) is 11.8. The Kier molecular flexibility index (Phi) is 3.54. The Morgan fingerprint density at radius 2 is 2.00 bits per heavy atom. The van der Waals surface area contributed by atoms with Crippen molar-refractivity contribution in [3.63, 3.8) is 0 Å². The summed E-state index contributed by atoms with van der Waals surface area (Å²) in [5.41, 5.74) is 6.99. The number of nitrogens with two attached hydrogens (primary N) is 1. The van der Waals surface area contributed by atoms with Crippen LogP contribution in [0.15, 0.2) is 34.9 Å². The Labute approximate surface area is 101 Å². The molecule has 2 unspecified atom stereocenters. The maximum atomic E-state index is 6.04. The van der Waals surface area contributed by atoms with Gasteiger partial charge in [0.05, 0.1) is 6.04 Å². The molecule has 1 aromatic carbocycles. The summed E-state index contributed by atoms with van der Waals surface area (Å²) in [6.45, 7) is 4.18. The third-order valence-corrected chi connectivity index (χ3v) is 3.02. The number of benzene rings is 1. The van der Waals surface area contributed by atoms with Gasteiger partial charge in [-0.15, -0.1) is 0 Å². The van der Waals surface area contributed by atoms with Gasteiger partial charge in [0.25, 0.3) is 0 Å². The molecule has 0 saturated heterocycles. The van der Waals surface area contributed by atoms with Gasteiger partial charge in [-0.05, 0) is 5.92 Å². The first-order valence-electron chi connectivity index (χ1n) is 5.87. The number of aromatic nitrogens is 2. The maximum Gasteiger partial charge on any atom is 0.244 e. The summed E-state index contributed by atoms with van der Waals surface area (Å²) in [6, 6.07) is 9.55. The van der Waals surface area contributed by atoms with Gasteiger partial charge in [-0.25, -0.2) is 0 Å². The summed E-state index contributed by atoms with van der Waals surface area (Å²) >= 11 is 0. The molecule has 0 fully saturated rings. The van der Waals surface area contributed by atoms with Crippen LogP contribution in [0, 0.1) is 5.92 Å². The van der Waals surface area contributed by atoms with E-state index in [1.165, 1.54) is 0 Å². The number of hydrogen-bond acceptors (Lipinski definition) is 4. The molecule has 4 nitrogen and oxygen atoms in total. The van der Waals surface area contributed by atoms with E-state index in [-0.39, 0.29) is 6.04 Å². The molecule has 1 heterocycles. The molecule has 0 saturated carbocycles. The Morgan fingerprint density at radius 3 is 2.65 bits per heavy atom. The highest BCUT2D eigenvalue weighted by atomic mass is 16.5. The predicted octanol–water partition coefficient (Wildman–Crippen LogP) is 2.78. The summed E-state index contributed by atoms with van der Waals surface area (Å²) in [5.74, 6) is 1.44. The largest absolute Gasteiger partial charge is 0.337 e. The van der Waals surface area contributed by atoms with Gasteiger partial charge in [0, 0.05) is 5.56 Å². The molecule has 17 heavy (non-hydrogen) atoms. The van der Waals surface area contributed by atoms with Crippen LogP contribution in [-0.2, 0) is 0 Å². The molecule has 90 valence electrons. The van der Waals surface area contributed by atoms with Crippen molar-refractivity contribution in [1.29, 1.82) is 0 Å². The highest BCUT2D eigenvalue weighted by molar-refractivity contribution is 5.53. The number of rotatable bonds is 4. The van der Waals surface area contributed by atoms with E-state index in [4.69, 9.17) is 10.3 Å². The third kappa shape index (κ3) is 2.53. The average Bonchev–Trinajstić information content (AvgIpc) is 2.87. The van der Waals surface area contributed by atoms with E-state index in [2.05, 4.69) is 24.0 Å². The Morgan fingerprint density at radius 1 is 1.29 bits per heavy atom. The lowest BCUT2D eigenvalue weighted by molar-refractivity contribution is 0.312. The van der Waals surface area contributed by atoms with Gasteiger partial charge >= 0.3 is 0 Å². The highest BCUT2D eigenvalue weighted by Gasteiger charge is 2.20. The average molecular weight is 231 g/mol. The van der Waals surface area contributed by atoms with Gasteiger partial charge in [0.15, 0.2) is 0 Å². The molecule has 2 aromatic rings. The van der Waals surface area contributed by atoms with Crippen molar-refractivity contribution in [2.45, 2.75) is 26.3 Å². The van der Waals surface area contributed by atoms with E-state index in [0.717, 1.165) is 12.0 Å². The minimum atomic E-state index is -0.190. The van der Waals surface area contributed by atoms with Crippen LogP contribution in [0.2, 0.25) is 0 Å². The molecule has 0 bridgehead atoms. The molecule has 0 radical (unpaired) electrons. The van der Waals surface area contributed by atoms with E-state index < -0.39 is 0 Å². The van der Waals surface area contributed by atoms with Crippen LogP contribution < -0.4 is 5.73 Å². The fraction of sp³-hybridized carbons (Fsp3) is 0.385. The van der Waals surface area contributed by atoms with Crippen LogP contribution in [-0.4, -0.2) is 10.1 Å². The topological polar surface area (TPSA) is 64.9 Å². The van der Waals surface area contributed by atoms with Gasteiger partial charge < -0.3 is 10.3 Å². The molecule has 0 aliphatic carbocycles. The molecule has 1 aromatic heterocycles. The Bertz CT molecular complexity index is 467. The zero-order valence-corrected chi connectivity index (χ0v) is 10.1. The zero-order chi connectivity index (χ0) is 12.3. The second-order valence-electron chi connectivity index (χ2n) is 4.23. The number of hydrogen-bond donors (Lipinski definition) is 1. The first-order valence-corrected chi connectivity index (χ1v) is 5.87. The van der Waals surface area contributed by atoms with Crippen molar-refractivity contribution < 1.29 is 4.52 Å². The zero-order valence-electron chi connectivity index (χ0n) is 10.1. The van der Waals surface area contributed by atoms with Crippen molar-refractivity contribution in [3.8, 4) is 11.4 Å². The lowest BCUT2D eigenvalue weighted by atomic mass is 10.0. The summed E-state index contributed by atoms with van der Waals surface area (Å²) in [7, 11) is 0. The van der Waals surface area contributed by atoms with Gasteiger partial charge in [-0.2, -0.15) is 4.98 Å². The predicted molar refractivity (Wildman–Crippen MR) is 66.1 cm³/mol. The van der Waals surface area contributed by atoms with Gasteiger partial charge in [0.1, 0.15) is 0 Å². The van der Waals surface area contributed by atoms with Crippen molar-refractivity contribution >= 4 is 0 Å². The van der Waals surface area contributed by atoms with Gasteiger partial charge in [-0.1, -0.05) is 55.8 Å². The molecule has 0 amide bonds. The van der Waals surface area contributed by atoms with Gasteiger partial charge in [-0.3, -0.25) is 0 Å². The van der Waals surface area contributed by atoms with Gasteiger partial charge in [0.2, 0.25) is 11.7 Å². The van der Waals surface area contributed by atoms with Crippen LogP contribution in [0.3, 0.4) is 0 Å². The molecule has 4 heteroatoms. The summed E-state index contributed by atoms with van der Waals surface area (Å²) in [6.07, 6.45) is 0.990. The van der Waals surface area contributed by atoms with E-state index >= 15 is 0 Å². The van der Waals surface area contributed by atoms with Crippen molar-refractivity contribution in [2.24, 2.45) is 11.7 Å². The van der Waals surface area contributed by atoms with E-state index in [0.29, 0.717) is 17.6 Å². The minimum Gasteiger partial charge on any atom is -0.337 e. The second kappa shape index (κ2) is 5.10. The Hall–Kier alpha value is -1.68. The number of nitrogens with zero attached hydrogens (tertiary/aromatic N) is 2. The summed E-state index contributed by atoms with van der Waals surface area (Å²) in [5, 5.41) is 3.96. The lowest BCUT2D eigenvalue weighted by Gasteiger charge is -2.12. The fourth-order valence-corrected chi connectivity index (χ4v) is 1.57. The maximum absolute atomic E-state index is 6.04. The molecule has 0 aliphatic rings. The Balaban J connectivity index is 2.22. The van der Waals surface area contributed by atoms with Crippen LogP contribution in [0.5, 0.6) is 0 Å². The summed E-state index contributed by atoms with van der Waals surface area (Å²) in [4.78, 5) is 4.35. The fourth-order valence-electron chi connectivity index (χ4n) is 1.57. The second-order valence-corrected chi connectivity index (χ2v) is 4.23. The van der Waals surface area contributed by atoms with Crippen LogP contribution in [0.1, 0.15) is 32.2 Å². The van der Waals surface area contributed by atoms with Crippen LogP contribution >= 0.6 is 0 Å². The summed E-state index contributed by atoms with van der Waals surface area (Å²) < 4.78 is 5.22. The van der Waals surface area contributed by atoms with Crippen molar-refractivity contribution in [2.75, 3.05) is 0 Å². The van der Waals surface area contributed by atoms with E-state index in [1.807, 2.05) is 30.3 Å². The van der Waals surface area contributed by atoms with Crippen molar-refractivity contribution in [1.82, 2.24) is 10.1 Å². The van der Waals surface area contributed by atoms with Crippen LogP contribution in [0.4, 0.5) is 0 Å². The SMILES string of the molecule is CCC(C)C(N)c1nc(-c2ccccc2)no1. The minimum absolute atomic E-state index is 0.190. The van der Waals surface area contributed by atoms with E-state index in [1.54, 1.807) is 0 Å². The lowest BCUT2D eigenvalue weighted by Crippen LogP contribution is -2.18. The molecule has 2 rings (SSSR count). The van der Waals surface area contributed by atoms with Crippen LogP contribution in [0.25, 0.3) is 11.4 Å². The monoisotopic (exact) mass is 231 g/mol. The first-order chi connectivity index (χ1) is 8.22. The highest BCUT2D eigenvalue weighted by Crippen LogP contribution is 2.23. The molecule has 2 N–H and O–H groups in total. The molecule has 2 atom stereocenters. The quantitative estimate of drug-likeness (QED) is 0.878. The molecule has 0 aliphatic heterocycles. The smallest absolute Gasteiger partial charge is 0.244 e. The van der Waals surface area contributed by atoms with Crippen molar-refractivity contribution in [3.05, 3.63) is 36.2 Å². The molecular formula is C13H17N3O. The standard InChI is InChI=1S/C13H17N3O/c1-3-9(2)11(14)13-15-12(16-17-13)10-7-5-4-6-8-10/h4-9,11H,3,14H2,1-2H3. The third-order valence-electron chi connectivity index (χ3n) is 3.02. The normalized spacial score (nSPS) is 14.5. The molecular weight excluding hydrogens is 214 g/mol. The molecule has 0 spiro atoms.